The lowest BCUT2D eigenvalue weighted by Gasteiger charge is -2.25. The molecule has 0 aliphatic carbocycles. The molecule has 3 heterocycles. The maximum absolute atomic E-state index is 12.9. The highest BCUT2D eigenvalue weighted by molar-refractivity contribution is 5.81. The van der Waals surface area contributed by atoms with Gasteiger partial charge in [-0.3, -0.25) is 18.9 Å². The van der Waals surface area contributed by atoms with Crippen LogP contribution in [0.15, 0.2) is 53.6 Å². The third-order valence-electron chi connectivity index (χ3n) is 4.99. The van der Waals surface area contributed by atoms with Gasteiger partial charge < -0.3 is 4.90 Å². The normalized spacial score (nSPS) is 17.3. The second-order valence-electron chi connectivity index (χ2n) is 6.45. The first-order valence-corrected chi connectivity index (χ1v) is 8.50. The zero-order valence-electron chi connectivity index (χ0n) is 14.1. The largest absolute Gasteiger partial charge is 0.334 e. The molecule has 0 bridgehead atoms. The van der Waals surface area contributed by atoms with Crippen LogP contribution in [0.4, 0.5) is 0 Å². The van der Waals surface area contributed by atoms with E-state index in [1.54, 1.807) is 22.4 Å². The first kappa shape index (κ1) is 15.6. The number of carbonyl (C=O) groups is 1. The van der Waals surface area contributed by atoms with Gasteiger partial charge in [0.05, 0.1) is 17.1 Å². The minimum Gasteiger partial charge on any atom is -0.334 e. The lowest BCUT2D eigenvalue weighted by atomic mass is 10.1. The summed E-state index contributed by atoms with van der Waals surface area (Å²) >= 11 is 0. The molecule has 1 atom stereocenters. The topological polar surface area (TPSA) is 60.1 Å². The van der Waals surface area contributed by atoms with Gasteiger partial charge in [-0.15, -0.1) is 0 Å². The van der Waals surface area contributed by atoms with E-state index >= 15 is 0 Å². The SMILES string of the molecule is Cn1c(=O)n(CC(=O)N2CCCC2c2cccnc2)c2ccccc21. The fourth-order valence-corrected chi connectivity index (χ4v) is 3.73. The van der Waals surface area contributed by atoms with E-state index in [0.717, 1.165) is 36.0 Å². The summed E-state index contributed by atoms with van der Waals surface area (Å²) in [6.07, 6.45) is 5.46. The number of hydrogen-bond donors (Lipinski definition) is 0. The van der Waals surface area contributed by atoms with Crippen LogP contribution in [0.3, 0.4) is 0 Å². The van der Waals surface area contributed by atoms with E-state index in [2.05, 4.69) is 4.98 Å². The van der Waals surface area contributed by atoms with Gasteiger partial charge in [0.1, 0.15) is 6.54 Å². The maximum Gasteiger partial charge on any atom is 0.329 e. The summed E-state index contributed by atoms with van der Waals surface area (Å²) in [6, 6.07) is 11.5. The summed E-state index contributed by atoms with van der Waals surface area (Å²) in [5, 5.41) is 0. The van der Waals surface area contributed by atoms with Crippen molar-refractivity contribution in [3.05, 3.63) is 64.8 Å². The van der Waals surface area contributed by atoms with Crippen molar-refractivity contribution in [1.82, 2.24) is 19.0 Å². The quantitative estimate of drug-likeness (QED) is 0.736. The van der Waals surface area contributed by atoms with Crippen molar-refractivity contribution in [2.24, 2.45) is 7.05 Å². The smallest absolute Gasteiger partial charge is 0.329 e. The van der Waals surface area contributed by atoms with Crippen molar-refractivity contribution in [2.45, 2.75) is 25.4 Å². The number of benzene rings is 1. The van der Waals surface area contributed by atoms with Crippen LogP contribution in [-0.4, -0.2) is 31.5 Å². The van der Waals surface area contributed by atoms with Gasteiger partial charge in [0.25, 0.3) is 0 Å². The Morgan fingerprint density at radius 1 is 1.20 bits per heavy atom. The predicted molar refractivity (Wildman–Crippen MR) is 95.1 cm³/mol. The number of rotatable bonds is 3. The van der Waals surface area contributed by atoms with Crippen LogP contribution < -0.4 is 5.69 Å². The molecule has 1 aliphatic rings. The fourth-order valence-electron chi connectivity index (χ4n) is 3.73. The van der Waals surface area contributed by atoms with Gasteiger partial charge in [-0.05, 0) is 36.6 Å². The minimum atomic E-state index is -0.160. The van der Waals surface area contributed by atoms with Gasteiger partial charge in [-0.1, -0.05) is 18.2 Å². The Kier molecular flexibility index (Phi) is 3.87. The molecule has 3 aromatic rings. The Morgan fingerprint density at radius 2 is 2.00 bits per heavy atom. The number of pyridine rings is 1. The Morgan fingerprint density at radius 3 is 2.76 bits per heavy atom. The Bertz CT molecular complexity index is 974. The number of imidazole rings is 1. The summed E-state index contributed by atoms with van der Waals surface area (Å²) in [6.45, 7) is 0.787. The standard InChI is InChI=1S/C19H20N4O2/c1-21-16-7-2-3-8-17(16)23(19(21)25)13-18(24)22-11-5-9-15(22)14-6-4-10-20-12-14/h2-4,6-8,10,12,15H,5,9,11,13H2,1H3. The van der Waals surface area contributed by atoms with Crippen LogP contribution >= 0.6 is 0 Å². The molecule has 0 spiro atoms. The summed E-state index contributed by atoms with van der Waals surface area (Å²) < 4.78 is 3.15. The van der Waals surface area contributed by atoms with Crippen molar-refractivity contribution in [2.75, 3.05) is 6.54 Å². The number of aryl methyl sites for hydroxylation is 1. The first-order valence-electron chi connectivity index (χ1n) is 8.50. The van der Waals surface area contributed by atoms with Gasteiger partial charge in [0.15, 0.2) is 0 Å². The van der Waals surface area contributed by atoms with Gasteiger partial charge in [0, 0.05) is 26.0 Å². The monoisotopic (exact) mass is 336 g/mol. The highest BCUT2D eigenvalue weighted by Gasteiger charge is 2.30. The third kappa shape index (κ3) is 2.63. The predicted octanol–water partition coefficient (Wildman–Crippen LogP) is 2.10. The molecule has 1 aliphatic heterocycles. The number of aromatic nitrogens is 3. The lowest BCUT2D eigenvalue weighted by molar-refractivity contribution is -0.132. The second kappa shape index (κ2) is 6.20. The van der Waals surface area contributed by atoms with E-state index < -0.39 is 0 Å². The highest BCUT2D eigenvalue weighted by atomic mass is 16.2. The summed E-state index contributed by atoms with van der Waals surface area (Å²) in [7, 11) is 1.74. The molecular formula is C19H20N4O2. The van der Waals surface area contributed by atoms with E-state index in [4.69, 9.17) is 0 Å². The number of carbonyl (C=O) groups excluding carboxylic acids is 1. The lowest BCUT2D eigenvalue weighted by Crippen LogP contribution is -2.36. The number of amides is 1. The van der Waals surface area contributed by atoms with E-state index in [0.29, 0.717) is 0 Å². The molecule has 6 heteroatoms. The molecule has 4 rings (SSSR count). The van der Waals surface area contributed by atoms with E-state index in [1.165, 1.54) is 0 Å². The zero-order chi connectivity index (χ0) is 17.4. The average molecular weight is 336 g/mol. The molecular weight excluding hydrogens is 316 g/mol. The van der Waals surface area contributed by atoms with Crippen molar-refractivity contribution < 1.29 is 4.79 Å². The van der Waals surface area contributed by atoms with Gasteiger partial charge in [-0.25, -0.2) is 4.79 Å². The van der Waals surface area contributed by atoms with Crippen LogP contribution in [0.2, 0.25) is 0 Å². The fraction of sp³-hybridized carbons (Fsp3) is 0.316. The molecule has 1 amide bonds. The second-order valence-corrected chi connectivity index (χ2v) is 6.45. The Hall–Kier alpha value is -2.89. The van der Waals surface area contributed by atoms with E-state index in [-0.39, 0.29) is 24.2 Å². The molecule has 0 N–H and O–H groups in total. The molecule has 1 saturated heterocycles. The minimum absolute atomic E-state index is 0.0233. The van der Waals surface area contributed by atoms with Crippen molar-refractivity contribution in [1.29, 1.82) is 0 Å². The first-order chi connectivity index (χ1) is 12.2. The molecule has 1 aromatic carbocycles. The number of nitrogens with zero attached hydrogens (tertiary/aromatic N) is 4. The zero-order valence-corrected chi connectivity index (χ0v) is 14.1. The van der Waals surface area contributed by atoms with Gasteiger partial charge in [-0.2, -0.15) is 0 Å². The number of fused-ring (bicyclic) bond motifs is 1. The molecule has 0 saturated carbocycles. The van der Waals surface area contributed by atoms with Crippen LogP contribution in [0.1, 0.15) is 24.4 Å². The van der Waals surface area contributed by atoms with Crippen molar-refractivity contribution >= 4 is 16.9 Å². The van der Waals surface area contributed by atoms with Crippen LogP contribution in [0.5, 0.6) is 0 Å². The van der Waals surface area contributed by atoms with Crippen molar-refractivity contribution in [3.63, 3.8) is 0 Å². The molecule has 1 unspecified atom stereocenters. The Balaban J connectivity index is 1.65. The summed E-state index contributed by atoms with van der Waals surface area (Å²) in [4.78, 5) is 31.5. The third-order valence-corrected chi connectivity index (χ3v) is 4.99. The Labute approximate surface area is 145 Å². The van der Waals surface area contributed by atoms with Crippen molar-refractivity contribution in [3.8, 4) is 0 Å². The van der Waals surface area contributed by atoms with E-state index in [1.807, 2.05) is 47.5 Å². The number of para-hydroxylation sites is 2. The molecule has 128 valence electrons. The number of hydrogen-bond acceptors (Lipinski definition) is 3. The highest BCUT2D eigenvalue weighted by Crippen LogP contribution is 2.31. The van der Waals surface area contributed by atoms with Gasteiger partial charge >= 0.3 is 5.69 Å². The van der Waals surface area contributed by atoms with Gasteiger partial charge in [0.2, 0.25) is 5.91 Å². The summed E-state index contributed by atoms with van der Waals surface area (Å²) in [5.74, 6) is -0.0233. The molecule has 1 fully saturated rings. The van der Waals surface area contributed by atoms with E-state index in [9.17, 15) is 9.59 Å². The molecule has 25 heavy (non-hydrogen) atoms. The number of likely N-dealkylation sites (tertiary alicyclic amines) is 1. The van der Waals surface area contributed by atoms with Crippen LogP contribution in [0.25, 0.3) is 11.0 Å². The summed E-state index contributed by atoms with van der Waals surface area (Å²) in [5.41, 5.74) is 2.52. The van der Waals surface area contributed by atoms with Crippen LogP contribution in [0, 0.1) is 0 Å². The average Bonchev–Trinajstić information content (AvgIpc) is 3.23. The maximum atomic E-state index is 12.9. The molecule has 0 radical (unpaired) electrons. The van der Waals surface area contributed by atoms with Crippen LogP contribution in [-0.2, 0) is 18.4 Å². The molecule has 6 nitrogen and oxygen atoms in total. The molecule has 2 aromatic heterocycles.